The van der Waals surface area contributed by atoms with Crippen molar-refractivity contribution in [1.29, 1.82) is 0 Å². The lowest BCUT2D eigenvalue weighted by molar-refractivity contribution is -0.384. The molecule has 160 valence electrons. The number of carbonyl (C=O) groups excluding carboxylic acids is 1. The predicted molar refractivity (Wildman–Crippen MR) is 119 cm³/mol. The molecule has 2 aromatic heterocycles. The zero-order chi connectivity index (χ0) is 21.8. The number of nitro benzene ring substituents is 1. The molecule has 0 radical (unpaired) electrons. The molecular formula is C22H22N4O4S. The highest BCUT2D eigenvalue weighted by molar-refractivity contribution is 8.00. The third-order valence-corrected chi connectivity index (χ3v) is 6.40. The van der Waals surface area contributed by atoms with Crippen molar-refractivity contribution in [2.75, 3.05) is 11.1 Å². The van der Waals surface area contributed by atoms with Gasteiger partial charge in [-0.3, -0.25) is 14.9 Å². The van der Waals surface area contributed by atoms with Crippen LogP contribution in [0.4, 0.5) is 11.5 Å². The van der Waals surface area contributed by atoms with Crippen LogP contribution in [0.2, 0.25) is 0 Å². The van der Waals surface area contributed by atoms with Crippen molar-refractivity contribution in [3.05, 3.63) is 75.5 Å². The van der Waals surface area contributed by atoms with Gasteiger partial charge < -0.3 is 15.0 Å². The fourth-order valence-electron chi connectivity index (χ4n) is 3.78. The Morgan fingerprint density at radius 2 is 1.90 bits per heavy atom. The van der Waals surface area contributed by atoms with E-state index in [0.29, 0.717) is 12.4 Å². The van der Waals surface area contributed by atoms with Crippen LogP contribution in [0.1, 0.15) is 29.5 Å². The van der Waals surface area contributed by atoms with Gasteiger partial charge in [0.05, 0.1) is 22.2 Å². The summed E-state index contributed by atoms with van der Waals surface area (Å²) >= 11 is 1.39. The highest BCUT2D eigenvalue weighted by Gasteiger charge is 2.25. The van der Waals surface area contributed by atoms with Gasteiger partial charge in [-0.25, -0.2) is 4.98 Å². The Morgan fingerprint density at radius 3 is 2.58 bits per heavy atom. The minimum atomic E-state index is -0.433. The summed E-state index contributed by atoms with van der Waals surface area (Å²) in [6, 6.07) is 11.6. The van der Waals surface area contributed by atoms with Crippen LogP contribution >= 0.6 is 11.8 Å². The zero-order valence-electron chi connectivity index (χ0n) is 16.8. The van der Waals surface area contributed by atoms with E-state index in [4.69, 9.17) is 0 Å². The molecule has 0 bridgehead atoms. The maximum absolute atomic E-state index is 12.4. The number of fused-ring (bicyclic) bond motifs is 1. The number of amides is 1. The number of nitrogens with zero attached hydrogens (tertiary/aromatic N) is 3. The summed E-state index contributed by atoms with van der Waals surface area (Å²) in [7, 11) is 0. The molecule has 1 amide bonds. The molecule has 3 aromatic rings. The monoisotopic (exact) mass is 438 g/mol. The van der Waals surface area contributed by atoms with Crippen LogP contribution < -0.4 is 5.32 Å². The van der Waals surface area contributed by atoms with E-state index in [-0.39, 0.29) is 23.2 Å². The number of pyridine rings is 1. The van der Waals surface area contributed by atoms with Crippen LogP contribution in [0.3, 0.4) is 0 Å². The van der Waals surface area contributed by atoms with Gasteiger partial charge in [-0.1, -0.05) is 30.0 Å². The quantitative estimate of drug-likeness (QED) is 0.326. The second kappa shape index (κ2) is 9.22. The van der Waals surface area contributed by atoms with E-state index < -0.39 is 4.92 Å². The highest BCUT2D eigenvalue weighted by atomic mass is 32.2. The van der Waals surface area contributed by atoms with E-state index in [2.05, 4.69) is 10.3 Å². The molecule has 4 rings (SSSR count). The summed E-state index contributed by atoms with van der Waals surface area (Å²) in [4.78, 5) is 27.0. The van der Waals surface area contributed by atoms with Crippen LogP contribution in [0.5, 0.6) is 5.88 Å². The number of nitrogens with one attached hydrogen (secondary N) is 1. The molecule has 31 heavy (non-hydrogen) atoms. The third-order valence-electron chi connectivity index (χ3n) is 5.26. The lowest BCUT2D eigenvalue weighted by Gasteiger charge is -2.13. The molecule has 0 atom stereocenters. The van der Waals surface area contributed by atoms with Gasteiger partial charge in [-0.2, -0.15) is 0 Å². The van der Waals surface area contributed by atoms with Crippen molar-refractivity contribution in [3.63, 3.8) is 0 Å². The average Bonchev–Trinajstić information content (AvgIpc) is 3.04. The van der Waals surface area contributed by atoms with Crippen molar-refractivity contribution < 1.29 is 14.8 Å². The molecule has 2 N–H and O–H groups in total. The molecule has 0 saturated heterocycles. The lowest BCUT2D eigenvalue weighted by atomic mass is 9.95. The molecule has 0 spiro atoms. The van der Waals surface area contributed by atoms with Crippen LogP contribution in [0.15, 0.2) is 53.7 Å². The van der Waals surface area contributed by atoms with Gasteiger partial charge in [0.25, 0.3) is 5.69 Å². The van der Waals surface area contributed by atoms with Crippen LogP contribution in [-0.2, 0) is 24.2 Å². The first-order valence-corrected chi connectivity index (χ1v) is 11.0. The molecule has 0 unspecified atom stereocenters. The largest absolute Gasteiger partial charge is 0.494 e. The summed E-state index contributed by atoms with van der Waals surface area (Å²) < 4.78 is 1.82. The zero-order valence-corrected chi connectivity index (χ0v) is 17.6. The number of hydrogen-bond acceptors (Lipinski definition) is 6. The summed E-state index contributed by atoms with van der Waals surface area (Å²) in [6.07, 6.45) is 5.35. The molecule has 1 aliphatic rings. The summed E-state index contributed by atoms with van der Waals surface area (Å²) in [5.74, 6) is 0.739. The van der Waals surface area contributed by atoms with E-state index in [1.54, 1.807) is 36.5 Å². The number of benzene rings is 1. The second-order valence-corrected chi connectivity index (χ2v) is 8.32. The van der Waals surface area contributed by atoms with Gasteiger partial charge in [0.1, 0.15) is 5.82 Å². The molecule has 0 aliphatic heterocycles. The van der Waals surface area contributed by atoms with Crippen LogP contribution in [0.25, 0.3) is 0 Å². The van der Waals surface area contributed by atoms with Crippen molar-refractivity contribution in [2.24, 2.45) is 0 Å². The number of aromatic nitrogens is 2. The predicted octanol–water partition coefficient (Wildman–Crippen LogP) is 4.15. The molecule has 0 saturated carbocycles. The van der Waals surface area contributed by atoms with Gasteiger partial charge in [-0.15, -0.1) is 0 Å². The van der Waals surface area contributed by atoms with Gasteiger partial charge in [0, 0.05) is 23.9 Å². The number of aromatic hydroxyl groups is 1. The second-order valence-electron chi connectivity index (χ2n) is 7.35. The van der Waals surface area contributed by atoms with Crippen molar-refractivity contribution in [3.8, 4) is 5.88 Å². The minimum Gasteiger partial charge on any atom is -0.494 e. The van der Waals surface area contributed by atoms with Crippen molar-refractivity contribution in [1.82, 2.24) is 9.55 Å². The van der Waals surface area contributed by atoms with Gasteiger partial charge in [-0.05, 0) is 48.9 Å². The first-order valence-electron chi connectivity index (χ1n) is 10.0. The Kier molecular flexibility index (Phi) is 6.22. The van der Waals surface area contributed by atoms with E-state index in [1.807, 2.05) is 4.57 Å². The maximum atomic E-state index is 12.4. The summed E-state index contributed by atoms with van der Waals surface area (Å²) in [5, 5.41) is 25.5. The molecule has 1 aliphatic carbocycles. The SMILES string of the molecule is O=C(CSc1c2c(c(O)n1Cc1ccc([N+](=O)[O-])cc1)CCCC2)Nc1ccccn1. The van der Waals surface area contributed by atoms with Crippen molar-refractivity contribution in [2.45, 2.75) is 37.3 Å². The number of hydrogen-bond donors (Lipinski definition) is 2. The lowest BCUT2D eigenvalue weighted by Crippen LogP contribution is -2.15. The number of rotatable bonds is 7. The maximum Gasteiger partial charge on any atom is 0.269 e. The Hall–Kier alpha value is -3.33. The fourth-order valence-corrected chi connectivity index (χ4v) is 4.82. The topological polar surface area (TPSA) is 110 Å². The third kappa shape index (κ3) is 4.72. The smallest absolute Gasteiger partial charge is 0.269 e. The minimum absolute atomic E-state index is 0.0283. The standard InChI is InChI=1S/C22H22N4O4S/c27-20(24-19-7-3-4-12-23-19)14-31-22-18-6-2-1-5-17(18)21(28)25(22)13-15-8-10-16(11-9-15)26(29)30/h3-4,7-12,28H,1-2,5-6,13-14H2,(H,23,24,27). The number of non-ortho nitro benzene ring substituents is 1. The Bertz CT molecular complexity index is 1100. The number of anilines is 1. The van der Waals surface area contributed by atoms with E-state index in [9.17, 15) is 20.0 Å². The highest BCUT2D eigenvalue weighted by Crippen LogP contribution is 2.40. The van der Waals surface area contributed by atoms with Gasteiger partial charge in [0.2, 0.25) is 5.91 Å². The summed E-state index contributed by atoms with van der Waals surface area (Å²) in [5.41, 5.74) is 2.91. The van der Waals surface area contributed by atoms with E-state index in [1.165, 1.54) is 23.9 Å². The Balaban J connectivity index is 1.55. The Labute approximate surface area is 183 Å². The first-order chi connectivity index (χ1) is 15.0. The number of carbonyl (C=O) groups is 1. The first kappa shape index (κ1) is 20.9. The average molecular weight is 439 g/mol. The normalized spacial score (nSPS) is 12.9. The number of thioether (sulfide) groups is 1. The molecular weight excluding hydrogens is 416 g/mol. The molecule has 2 heterocycles. The van der Waals surface area contributed by atoms with E-state index in [0.717, 1.165) is 47.4 Å². The van der Waals surface area contributed by atoms with Gasteiger partial charge >= 0.3 is 0 Å². The van der Waals surface area contributed by atoms with E-state index >= 15 is 0 Å². The van der Waals surface area contributed by atoms with Gasteiger partial charge in [0.15, 0.2) is 5.88 Å². The fraction of sp³-hybridized carbons (Fsp3) is 0.273. The van der Waals surface area contributed by atoms with Crippen LogP contribution in [0, 0.1) is 10.1 Å². The van der Waals surface area contributed by atoms with Crippen LogP contribution in [-0.4, -0.2) is 31.2 Å². The molecule has 1 aromatic carbocycles. The number of nitro groups is 1. The Morgan fingerprint density at radius 1 is 1.16 bits per heavy atom. The van der Waals surface area contributed by atoms with Crippen molar-refractivity contribution >= 4 is 29.2 Å². The molecule has 0 fully saturated rings. The molecule has 9 heteroatoms. The summed E-state index contributed by atoms with van der Waals surface area (Å²) in [6.45, 7) is 0.376. The molecule has 8 nitrogen and oxygen atoms in total.